The van der Waals surface area contributed by atoms with Crippen LogP contribution in [0.4, 0.5) is 22.7 Å². The third-order valence-corrected chi connectivity index (χ3v) is 4.43. The van der Waals surface area contributed by atoms with Crippen LogP contribution >= 0.6 is 0 Å². The van der Waals surface area contributed by atoms with Gasteiger partial charge < -0.3 is 5.11 Å². The van der Waals surface area contributed by atoms with Gasteiger partial charge in [0.15, 0.2) is 0 Å². The number of aromatic hydroxyl groups is 1. The molecule has 0 aliphatic rings. The van der Waals surface area contributed by atoms with Crippen molar-refractivity contribution in [2.45, 2.75) is 4.90 Å². The molecule has 0 aliphatic carbocycles. The van der Waals surface area contributed by atoms with E-state index in [9.17, 15) is 13.5 Å². The molecular formula is C18H16N6O3S. The topological polar surface area (TPSA) is 142 Å². The van der Waals surface area contributed by atoms with Crippen LogP contribution in [0.15, 0.2) is 98.3 Å². The van der Waals surface area contributed by atoms with Gasteiger partial charge in [0.2, 0.25) is 10.0 Å². The number of hydrogen-bond donors (Lipinski definition) is 3. The van der Waals surface area contributed by atoms with Crippen LogP contribution in [-0.4, -0.2) is 13.5 Å². The largest absolute Gasteiger partial charge is 0.506 e. The second-order valence-electron chi connectivity index (χ2n) is 5.59. The Labute approximate surface area is 161 Å². The van der Waals surface area contributed by atoms with Crippen LogP contribution < -0.4 is 10.6 Å². The summed E-state index contributed by atoms with van der Waals surface area (Å²) in [6.45, 7) is 0. The van der Waals surface area contributed by atoms with Gasteiger partial charge in [-0.15, -0.1) is 5.11 Å². The summed E-state index contributed by atoms with van der Waals surface area (Å²) >= 11 is 0. The average molecular weight is 396 g/mol. The zero-order chi connectivity index (χ0) is 20.0. The Morgan fingerprint density at radius 2 is 1.46 bits per heavy atom. The number of nitrogens with zero attached hydrogens (tertiary/aromatic N) is 4. The Bertz CT molecular complexity index is 1110. The van der Waals surface area contributed by atoms with Gasteiger partial charge in [-0.05, 0) is 48.5 Å². The minimum absolute atomic E-state index is 0.0909. The van der Waals surface area contributed by atoms with E-state index in [1.54, 1.807) is 24.3 Å². The number of anilines is 1. The molecule has 28 heavy (non-hydrogen) atoms. The highest BCUT2D eigenvalue weighted by Crippen LogP contribution is 2.29. The SMILES string of the molecule is NS(=O)(=O)c1ccc(N=NNc2ccc(N=Nc3ccccc3)cc2)c(O)c1. The number of rotatable bonds is 6. The number of phenols is 1. The molecule has 9 nitrogen and oxygen atoms in total. The first-order valence-electron chi connectivity index (χ1n) is 8.01. The summed E-state index contributed by atoms with van der Waals surface area (Å²) in [4.78, 5) is -0.211. The molecule has 3 rings (SSSR count). The second-order valence-corrected chi connectivity index (χ2v) is 7.15. The van der Waals surface area contributed by atoms with Crippen molar-refractivity contribution in [3.63, 3.8) is 0 Å². The lowest BCUT2D eigenvalue weighted by atomic mass is 10.3. The van der Waals surface area contributed by atoms with Gasteiger partial charge in [-0.2, -0.15) is 10.2 Å². The zero-order valence-corrected chi connectivity index (χ0v) is 15.3. The van der Waals surface area contributed by atoms with E-state index in [4.69, 9.17) is 5.14 Å². The van der Waals surface area contributed by atoms with Crippen molar-refractivity contribution in [1.82, 2.24) is 0 Å². The number of nitrogens with two attached hydrogens (primary N) is 1. The molecule has 0 heterocycles. The lowest BCUT2D eigenvalue weighted by Crippen LogP contribution is -2.11. The second kappa shape index (κ2) is 8.37. The van der Waals surface area contributed by atoms with Crippen molar-refractivity contribution >= 4 is 32.8 Å². The summed E-state index contributed by atoms with van der Waals surface area (Å²) in [5.41, 5.74) is 4.86. The third-order valence-electron chi connectivity index (χ3n) is 3.52. The van der Waals surface area contributed by atoms with Crippen LogP contribution in [0, 0.1) is 0 Å². The Morgan fingerprint density at radius 3 is 2.07 bits per heavy atom. The predicted octanol–water partition coefficient (Wildman–Crippen LogP) is 4.57. The number of sulfonamides is 1. The molecule has 0 spiro atoms. The van der Waals surface area contributed by atoms with E-state index in [0.29, 0.717) is 11.4 Å². The standard InChI is InChI=1S/C18H16N6O3S/c19-28(26,27)16-10-11-17(18(25)12-16)23-24-22-15-8-6-14(7-9-15)21-20-13-4-2-1-3-5-13/h1-12,25H,(H,22,23)(H2,19,26,27). The molecule has 0 radical (unpaired) electrons. The summed E-state index contributed by atoms with van der Waals surface area (Å²) in [6.07, 6.45) is 0. The van der Waals surface area contributed by atoms with Gasteiger partial charge in [-0.25, -0.2) is 13.6 Å². The van der Waals surface area contributed by atoms with Crippen molar-refractivity contribution in [3.05, 3.63) is 72.8 Å². The summed E-state index contributed by atoms with van der Waals surface area (Å²) in [6, 6.07) is 19.9. The van der Waals surface area contributed by atoms with Crippen LogP contribution in [0.25, 0.3) is 0 Å². The monoisotopic (exact) mass is 396 g/mol. The Hall–Kier alpha value is -3.63. The third kappa shape index (κ3) is 5.19. The maximum absolute atomic E-state index is 11.2. The quantitative estimate of drug-likeness (QED) is 0.414. The Morgan fingerprint density at radius 1 is 0.821 bits per heavy atom. The van der Waals surface area contributed by atoms with E-state index >= 15 is 0 Å². The molecule has 0 unspecified atom stereocenters. The van der Waals surface area contributed by atoms with Gasteiger partial charge in [0.05, 0.1) is 22.0 Å². The molecule has 0 aliphatic heterocycles. The molecule has 10 heteroatoms. The number of hydrogen-bond acceptors (Lipinski definition) is 7. The van der Waals surface area contributed by atoms with Crippen LogP contribution in [0.2, 0.25) is 0 Å². The van der Waals surface area contributed by atoms with Gasteiger partial charge in [0, 0.05) is 6.07 Å². The molecule has 0 aromatic heterocycles. The lowest BCUT2D eigenvalue weighted by molar-refractivity contribution is 0.474. The van der Waals surface area contributed by atoms with Crippen molar-refractivity contribution < 1.29 is 13.5 Å². The number of primary sulfonamides is 1. The van der Waals surface area contributed by atoms with Crippen LogP contribution in [0.5, 0.6) is 5.75 Å². The molecule has 3 aromatic rings. The number of phenolic OH excluding ortho intramolecular Hbond substituents is 1. The maximum Gasteiger partial charge on any atom is 0.238 e. The van der Waals surface area contributed by atoms with Crippen molar-refractivity contribution in [3.8, 4) is 5.75 Å². The summed E-state index contributed by atoms with van der Waals surface area (Å²) in [5.74, 6) is -0.353. The number of benzene rings is 3. The summed E-state index contributed by atoms with van der Waals surface area (Å²) in [7, 11) is -3.90. The first kappa shape index (κ1) is 19.1. The zero-order valence-electron chi connectivity index (χ0n) is 14.5. The van der Waals surface area contributed by atoms with Gasteiger partial charge in [-0.1, -0.05) is 23.4 Å². The van der Waals surface area contributed by atoms with E-state index in [1.807, 2.05) is 30.3 Å². The molecule has 3 aromatic carbocycles. The maximum atomic E-state index is 11.2. The van der Waals surface area contributed by atoms with Gasteiger partial charge in [-0.3, -0.25) is 5.43 Å². The minimum Gasteiger partial charge on any atom is -0.506 e. The molecular weight excluding hydrogens is 380 g/mol. The highest BCUT2D eigenvalue weighted by atomic mass is 32.2. The molecule has 4 N–H and O–H groups in total. The van der Waals surface area contributed by atoms with Crippen LogP contribution in [-0.2, 0) is 10.0 Å². The molecule has 0 atom stereocenters. The molecule has 0 fully saturated rings. The van der Waals surface area contributed by atoms with Crippen molar-refractivity contribution in [2.75, 3.05) is 5.43 Å². The van der Waals surface area contributed by atoms with Gasteiger partial charge in [0.1, 0.15) is 11.4 Å². The first-order chi connectivity index (χ1) is 13.4. The van der Waals surface area contributed by atoms with Crippen molar-refractivity contribution in [1.29, 1.82) is 0 Å². The normalized spacial score (nSPS) is 11.9. The number of azo groups is 1. The molecule has 0 saturated carbocycles. The fourth-order valence-corrected chi connectivity index (χ4v) is 2.65. The van der Waals surface area contributed by atoms with Crippen molar-refractivity contribution in [2.24, 2.45) is 25.7 Å². The molecule has 0 saturated heterocycles. The van der Waals surface area contributed by atoms with E-state index in [-0.39, 0.29) is 16.3 Å². The fourth-order valence-electron chi connectivity index (χ4n) is 2.11. The minimum atomic E-state index is -3.90. The average Bonchev–Trinajstić information content (AvgIpc) is 2.68. The smallest absolute Gasteiger partial charge is 0.238 e. The van der Waals surface area contributed by atoms with Gasteiger partial charge in [0.25, 0.3) is 0 Å². The highest BCUT2D eigenvalue weighted by Gasteiger charge is 2.10. The Kier molecular flexibility index (Phi) is 5.72. The van der Waals surface area contributed by atoms with Gasteiger partial charge >= 0.3 is 0 Å². The summed E-state index contributed by atoms with van der Waals surface area (Å²) < 4.78 is 22.5. The first-order valence-corrected chi connectivity index (χ1v) is 9.56. The molecule has 0 amide bonds. The van der Waals surface area contributed by atoms with Crippen LogP contribution in [0.1, 0.15) is 0 Å². The van der Waals surface area contributed by atoms with E-state index in [0.717, 1.165) is 11.8 Å². The van der Waals surface area contributed by atoms with E-state index in [1.165, 1.54) is 12.1 Å². The lowest BCUT2D eigenvalue weighted by Gasteiger charge is -2.02. The molecule has 0 bridgehead atoms. The Balaban J connectivity index is 1.63. The van der Waals surface area contributed by atoms with E-state index in [2.05, 4.69) is 26.0 Å². The number of nitrogens with one attached hydrogen (secondary N) is 1. The van der Waals surface area contributed by atoms with E-state index < -0.39 is 10.0 Å². The van der Waals surface area contributed by atoms with Crippen LogP contribution in [0.3, 0.4) is 0 Å². The highest BCUT2D eigenvalue weighted by molar-refractivity contribution is 7.89. The predicted molar refractivity (Wildman–Crippen MR) is 105 cm³/mol. The summed E-state index contributed by atoms with van der Waals surface area (Å²) in [5, 5.41) is 30.7. The fraction of sp³-hybridized carbons (Fsp3) is 0. The molecule has 142 valence electrons.